The van der Waals surface area contributed by atoms with E-state index in [1.54, 1.807) is 0 Å². The smallest absolute Gasteiger partial charge is 0.333 e. The molecular weight excluding hydrogens is 152 g/mol. The lowest BCUT2D eigenvalue weighted by Crippen LogP contribution is -2.14. The number of carbonyl (C=O) groups excluding carboxylic acids is 1. The number of rotatable bonds is 2. The summed E-state index contributed by atoms with van der Waals surface area (Å²) in [6.45, 7) is 4.30. The van der Waals surface area contributed by atoms with Crippen LogP contribution in [0.4, 0.5) is 0 Å². The highest BCUT2D eigenvalue weighted by atomic mass is 16.5. The van der Waals surface area contributed by atoms with Gasteiger partial charge in [0.25, 0.3) is 0 Å². The third-order valence-electron chi connectivity index (χ3n) is 2.66. The van der Waals surface area contributed by atoms with Gasteiger partial charge in [-0.25, -0.2) is 4.79 Å². The largest absolute Gasteiger partial charge is 0.466 e. The molecule has 0 aromatic carbocycles. The molecule has 0 aliphatic heterocycles. The van der Waals surface area contributed by atoms with Gasteiger partial charge in [-0.2, -0.15) is 0 Å². The molecule has 12 heavy (non-hydrogen) atoms. The van der Waals surface area contributed by atoms with E-state index in [0.29, 0.717) is 11.8 Å². The molecule has 0 aromatic rings. The highest BCUT2D eigenvalue weighted by Gasteiger charge is 2.29. The monoisotopic (exact) mass is 168 g/mol. The first-order valence-electron chi connectivity index (χ1n) is 4.49. The summed E-state index contributed by atoms with van der Waals surface area (Å²) in [4.78, 5) is 11.2. The summed E-state index contributed by atoms with van der Waals surface area (Å²) < 4.78 is 4.71. The topological polar surface area (TPSA) is 26.3 Å². The Morgan fingerprint density at radius 2 is 2.42 bits per heavy atom. The number of methoxy groups -OCH3 is 1. The Kier molecular flexibility index (Phi) is 2.90. The summed E-state index contributed by atoms with van der Waals surface area (Å²) in [6.07, 6.45) is 4.07. The standard InChI is InChI=1S/C10H16O2/c1-4-8-7(2)5-6-9(8)10(11)12-3/h6-8H,4-5H2,1-3H3/t7-,8-/m1/s1. The van der Waals surface area contributed by atoms with E-state index in [9.17, 15) is 4.79 Å². The molecule has 68 valence electrons. The fourth-order valence-corrected chi connectivity index (χ4v) is 1.91. The van der Waals surface area contributed by atoms with Crippen molar-refractivity contribution >= 4 is 5.97 Å². The molecule has 0 saturated carbocycles. The molecule has 0 saturated heterocycles. The molecule has 1 aliphatic rings. The maximum atomic E-state index is 11.2. The SMILES string of the molecule is CC[C@H]1C(C(=O)OC)=CC[C@H]1C. The number of hydrogen-bond acceptors (Lipinski definition) is 2. The molecule has 0 N–H and O–H groups in total. The van der Waals surface area contributed by atoms with Crippen LogP contribution in [0.25, 0.3) is 0 Å². The van der Waals surface area contributed by atoms with Crippen LogP contribution in [0.5, 0.6) is 0 Å². The maximum Gasteiger partial charge on any atom is 0.333 e. The van der Waals surface area contributed by atoms with Crippen LogP contribution in [0.2, 0.25) is 0 Å². The molecule has 0 spiro atoms. The molecule has 0 amide bonds. The first-order chi connectivity index (χ1) is 5.70. The second-order valence-corrected chi connectivity index (χ2v) is 3.38. The molecule has 0 fully saturated rings. The minimum atomic E-state index is -0.147. The Bertz CT molecular complexity index is 206. The van der Waals surface area contributed by atoms with Crippen molar-refractivity contribution in [1.29, 1.82) is 0 Å². The van der Waals surface area contributed by atoms with E-state index in [4.69, 9.17) is 4.74 Å². The number of ether oxygens (including phenoxy) is 1. The summed E-state index contributed by atoms with van der Waals surface area (Å²) in [6, 6.07) is 0. The van der Waals surface area contributed by atoms with Gasteiger partial charge in [0.2, 0.25) is 0 Å². The summed E-state index contributed by atoms with van der Waals surface area (Å²) in [5, 5.41) is 0. The van der Waals surface area contributed by atoms with Crippen molar-refractivity contribution in [2.75, 3.05) is 7.11 Å². The molecular formula is C10H16O2. The van der Waals surface area contributed by atoms with E-state index in [0.717, 1.165) is 18.4 Å². The van der Waals surface area contributed by atoms with Crippen LogP contribution >= 0.6 is 0 Å². The van der Waals surface area contributed by atoms with Gasteiger partial charge in [-0.15, -0.1) is 0 Å². The number of esters is 1. The minimum absolute atomic E-state index is 0.147. The van der Waals surface area contributed by atoms with Crippen molar-refractivity contribution < 1.29 is 9.53 Å². The lowest BCUT2D eigenvalue weighted by molar-refractivity contribution is -0.136. The molecule has 0 radical (unpaired) electrons. The number of carbonyl (C=O) groups is 1. The van der Waals surface area contributed by atoms with Crippen molar-refractivity contribution in [3.05, 3.63) is 11.6 Å². The van der Waals surface area contributed by atoms with Crippen molar-refractivity contribution in [1.82, 2.24) is 0 Å². The maximum absolute atomic E-state index is 11.2. The highest BCUT2D eigenvalue weighted by molar-refractivity contribution is 5.89. The molecule has 0 unspecified atom stereocenters. The minimum Gasteiger partial charge on any atom is -0.466 e. The van der Waals surface area contributed by atoms with Crippen molar-refractivity contribution in [3.8, 4) is 0 Å². The van der Waals surface area contributed by atoms with E-state index in [1.807, 2.05) is 6.08 Å². The van der Waals surface area contributed by atoms with E-state index < -0.39 is 0 Å². The molecule has 1 aliphatic carbocycles. The van der Waals surface area contributed by atoms with Gasteiger partial charge in [-0.05, 0) is 24.7 Å². The van der Waals surface area contributed by atoms with E-state index >= 15 is 0 Å². The van der Waals surface area contributed by atoms with Gasteiger partial charge >= 0.3 is 5.97 Å². The highest BCUT2D eigenvalue weighted by Crippen LogP contribution is 2.34. The van der Waals surface area contributed by atoms with Gasteiger partial charge in [-0.3, -0.25) is 0 Å². The Hall–Kier alpha value is -0.790. The zero-order chi connectivity index (χ0) is 9.14. The van der Waals surface area contributed by atoms with Gasteiger partial charge in [0.05, 0.1) is 7.11 Å². The van der Waals surface area contributed by atoms with Gasteiger partial charge in [-0.1, -0.05) is 19.9 Å². The second-order valence-electron chi connectivity index (χ2n) is 3.38. The second kappa shape index (κ2) is 3.74. The van der Waals surface area contributed by atoms with Gasteiger partial charge in [0.1, 0.15) is 0 Å². The molecule has 0 aromatic heterocycles. The van der Waals surface area contributed by atoms with Gasteiger partial charge < -0.3 is 4.74 Å². The van der Waals surface area contributed by atoms with Crippen molar-refractivity contribution in [2.24, 2.45) is 11.8 Å². The van der Waals surface area contributed by atoms with E-state index in [-0.39, 0.29) is 5.97 Å². The normalized spacial score (nSPS) is 28.4. The average molecular weight is 168 g/mol. The average Bonchev–Trinajstić information content (AvgIpc) is 2.45. The third-order valence-corrected chi connectivity index (χ3v) is 2.66. The van der Waals surface area contributed by atoms with Crippen LogP contribution in [0, 0.1) is 11.8 Å². The molecule has 1 rings (SSSR count). The Morgan fingerprint density at radius 3 is 2.92 bits per heavy atom. The molecule has 2 atom stereocenters. The first-order valence-corrected chi connectivity index (χ1v) is 4.49. The summed E-state index contributed by atoms with van der Waals surface area (Å²) in [5.74, 6) is 0.868. The zero-order valence-electron chi connectivity index (χ0n) is 7.96. The lowest BCUT2D eigenvalue weighted by atomic mass is 9.90. The van der Waals surface area contributed by atoms with E-state index in [1.165, 1.54) is 7.11 Å². The molecule has 0 heterocycles. The molecule has 2 nitrogen and oxygen atoms in total. The van der Waals surface area contributed by atoms with Crippen molar-refractivity contribution in [3.63, 3.8) is 0 Å². The van der Waals surface area contributed by atoms with E-state index in [2.05, 4.69) is 13.8 Å². The number of hydrogen-bond donors (Lipinski definition) is 0. The first kappa shape index (κ1) is 9.30. The van der Waals surface area contributed by atoms with Gasteiger partial charge in [0.15, 0.2) is 0 Å². The van der Waals surface area contributed by atoms with Crippen molar-refractivity contribution in [2.45, 2.75) is 26.7 Å². The summed E-state index contributed by atoms with van der Waals surface area (Å²) in [7, 11) is 1.44. The molecule has 0 bridgehead atoms. The number of allylic oxidation sites excluding steroid dienone is 1. The van der Waals surface area contributed by atoms with Crippen LogP contribution in [0.1, 0.15) is 26.7 Å². The summed E-state index contributed by atoms with van der Waals surface area (Å²) >= 11 is 0. The van der Waals surface area contributed by atoms with Crippen LogP contribution in [-0.2, 0) is 9.53 Å². The van der Waals surface area contributed by atoms with Crippen LogP contribution in [-0.4, -0.2) is 13.1 Å². The van der Waals surface area contributed by atoms with Crippen LogP contribution < -0.4 is 0 Å². The Balaban J connectivity index is 2.71. The summed E-state index contributed by atoms with van der Waals surface area (Å²) in [5.41, 5.74) is 0.882. The fraction of sp³-hybridized carbons (Fsp3) is 0.700. The fourth-order valence-electron chi connectivity index (χ4n) is 1.91. The Morgan fingerprint density at radius 1 is 1.75 bits per heavy atom. The predicted octanol–water partition coefficient (Wildman–Crippen LogP) is 2.15. The zero-order valence-corrected chi connectivity index (χ0v) is 7.96. The van der Waals surface area contributed by atoms with Crippen LogP contribution in [0.15, 0.2) is 11.6 Å². The lowest BCUT2D eigenvalue weighted by Gasteiger charge is -2.15. The van der Waals surface area contributed by atoms with Gasteiger partial charge in [0, 0.05) is 5.57 Å². The molecule has 2 heteroatoms. The third kappa shape index (κ3) is 1.52. The quantitative estimate of drug-likeness (QED) is 0.590. The van der Waals surface area contributed by atoms with Crippen LogP contribution in [0.3, 0.4) is 0 Å². The Labute approximate surface area is 73.6 Å². The predicted molar refractivity (Wildman–Crippen MR) is 47.7 cm³/mol.